The predicted molar refractivity (Wildman–Crippen MR) is 96.8 cm³/mol. The largest absolute Gasteiger partial charge is 0.353 e. The van der Waals surface area contributed by atoms with Crippen LogP contribution in [-0.4, -0.2) is 43.6 Å². The molecule has 0 radical (unpaired) electrons. The minimum Gasteiger partial charge on any atom is -0.353 e. The van der Waals surface area contributed by atoms with E-state index in [1.165, 1.54) is 6.92 Å². The molecule has 28 heavy (non-hydrogen) atoms. The number of nitrogens with two attached hydrogens (primary N) is 1. The third kappa shape index (κ3) is 8.54. The van der Waals surface area contributed by atoms with Crippen LogP contribution in [0.5, 0.6) is 0 Å². The molecule has 1 aliphatic rings. The number of imide groups is 1. The molecule has 0 spiro atoms. The van der Waals surface area contributed by atoms with Gasteiger partial charge >= 0.3 is 6.03 Å². The van der Waals surface area contributed by atoms with E-state index >= 15 is 0 Å². The monoisotopic (exact) mass is 625 g/mol. The van der Waals surface area contributed by atoms with Gasteiger partial charge in [0, 0.05) is 42.9 Å². The molecule has 1 saturated carbocycles. The fraction of sp³-hybridized carbons (Fsp3) is 0.526. The molecule has 3 N–H and O–H groups in total. The first-order valence-electron chi connectivity index (χ1n) is 8.79. The number of aryl methyl sites for hydroxylation is 1. The summed E-state index contributed by atoms with van der Waals surface area (Å²) in [7, 11) is 4.21. The number of hydrogen-bond acceptors (Lipinski definition) is 2. The Bertz CT molecular complexity index is 663. The van der Waals surface area contributed by atoms with Crippen LogP contribution in [0.4, 0.5) is 18.0 Å². The summed E-state index contributed by atoms with van der Waals surface area (Å²) in [5, 5.41) is 2.20. The molecule has 1 aromatic rings. The number of halogens is 3. The maximum atomic E-state index is 12.2. The van der Waals surface area contributed by atoms with Crippen molar-refractivity contribution in [2.45, 2.75) is 26.2 Å². The summed E-state index contributed by atoms with van der Waals surface area (Å²) < 4.78 is 37.4. The molecule has 0 aliphatic heterocycles. The van der Waals surface area contributed by atoms with E-state index in [1.54, 1.807) is 0 Å². The molecule has 0 saturated heterocycles. The second-order valence-corrected chi connectivity index (χ2v) is 7.54. The van der Waals surface area contributed by atoms with Gasteiger partial charge in [0.05, 0.1) is 20.6 Å². The van der Waals surface area contributed by atoms with E-state index in [2.05, 4.69) is 26.3 Å². The number of primary amides is 1. The Morgan fingerprint density at radius 2 is 1.75 bits per heavy atom. The second-order valence-electron chi connectivity index (χ2n) is 7.54. The number of nitrogens with zero attached hydrogens (tertiary/aromatic N) is 1. The molecular formula is C19H28F3N3O2U. The third-order valence-corrected chi connectivity index (χ3v) is 4.70. The molecule has 2 atom stereocenters. The number of benzene rings is 1. The second kappa shape index (κ2) is 11.8. The van der Waals surface area contributed by atoms with E-state index < -0.39 is 23.5 Å². The van der Waals surface area contributed by atoms with Gasteiger partial charge in [-0.25, -0.2) is 18.0 Å². The molecule has 5 nitrogen and oxygen atoms in total. The Morgan fingerprint density at radius 1 is 1.21 bits per heavy atom. The van der Waals surface area contributed by atoms with Gasteiger partial charge in [-0.15, -0.1) is 0 Å². The maximum Gasteiger partial charge on any atom is 0.318 e. The normalized spacial score (nSPS) is 18.5. The fourth-order valence-corrected chi connectivity index (χ4v) is 3.22. The van der Waals surface area contributed by atoms with Crippen LogP contribution in [0.3, 0.4) is 0 Å². The number of rotatable bonds is 4. The first-order chi connectivity index (χ1) is 12.5. The Hall–Kier alpha value is -1.04. The van der Waals surface area contributed by atoms with Gasteiger partial charge in [-0.2, -0.15) is 0 Å². The Kier molecular flexibility index (Phi) is 11.4. The molecule has 1 fully saturated rings. The summed E-state index contributed by atoms with van der Waals surface area (Å²) in [6, 6.07) is 1.13. The van der Waals surface area contributed by atoms with Gasteiger partial charge in [0.25, 0.3) is 0 Å². The number of nitrogens with one attached hydrogen (secondary N) is 1. The van der Waals surface area contributed by atoms with E-state index in [9.17, 15) is 22.8 Å². The van der Waals surface area contributed by atoms with E-state index in [0.717, 1.165) is 49.0 Å². The van der Waals surface area contributed by atoms with Crippen molar-refractivity contribution in [2.24, 2.45) is 17.6 Å². The minimum absolute atomic E-state index is 0. The number of carbonyl (C=O) groups excluding carboxylic acids is 2. The average Bonchev–Trinajstić information content (AvgIpc) is 3.00. The van der Waals surface area contributed by atoms with E-state index in [-0.39, 0.29) is 42.9 Å². The summed E-state index contributed by atoms with van der Waals surface area (Å²) in [5.41, 5.74) is 5.35. The summed E-state index contributed by atoms with van der Waals surface area (Å²) in [4.78, 5) is 22.5. The molecule has 0 heterocycles. The number of amides is 3. The van der Waals surface area contributed by atoms with Crippen LogP contribution in [0.25, 0.3) is 0 Å². The van der Waals surface area contributed by atoms with Gasteiger partial charge in [-0.05, 0) is 44.0 Å². The zero-order valence-corrected chi connectivity index (χ0v) is 20.7. The van der Waals surface area contributed by atoms with Gasteiger partial charge in [0.2, 0.25) is 5.91 Å². The Labute approximate surface area is 188 Å². The van der Waals surface area contributed by atoms with Gasteiger partial charge in [-0.3, -0.25) is 17.0 Å². The van der Waals surface area contributed by atoms with E-state index in [0.29, 0.717) is 11.5 Å². The van der Waals surface area contributed by atoms with Crippen LogP contribution in [-0.2, 0) is 4.79 Å². The summed E-state index contributed by atoms with van der Waals surface area (Å²) in [6.07, 6.45) is 2.93. The van der Waals surface area contributed by atoms with Crippen molar-refractivity contribution in [3.63, 3.8) is 0 Å². The first kappa shape index (κ1) is 27.0. The standard InChI is InChI=1S/C12H23N3O2.C7H5F3.U/c1-4-15(2,3)8-9-6-5-7-10(9)11(16)14-12(13)17;1-4-2-5(8)7(10)6(9)3-4;/h9-10H,1,4-8H2,2-3H3,(H3,13,14,16,17);2-3H,1H3;. The Morgan fingerprint density at radius 3 is 2.21 bits per heavy atom. The molecule has 1 aliphatic carbocycles. The number of urea groups is 1. The van der Waals surface area contributed by atoms with Crippen LogP contribution in [0.15, 0.2) is 12.1 Å². The van der Waals surface area contributed by atoms with Gasteiger partial charge in [-0.1, -0.05) is 6.42 Å². The van der Waals surface area contributed by atoms with Crippen molar-refractivity contribution in [2.75, 3.05) is 27.2 Å². The zero-order chi connectivity index (χ0) is 20.8. The molecule has 0 bridgehead atoms. The van der Waals surface area contributed by atoms with Crippen molar-refractivity contribution in [1.29, 1.82) is 0 Å². The SMILES string of the molecule is Cc1cc(F)c(F)c(F)c1.[CH2-]C[N+](C)(C)CC1CCCC1C(=O)NC(N)=O.[U]. The Balaban J connectivity index is 0.000000567. The van der Waals surface area contributed by atoms with Crippen molar-refractivity contribution >= 4 is 11.9 Å². The number of hydrogen-bond donors (Lipinski definition) is 2. The van der Waals surface area contributed by atoms with Crippen molar-refractivity contribution in [3.05, 3.63) is 42.1 Å². The van der Waals surface area contributed by atoms with Crippen LogP contribution >= 0.6 is 0 Å². The van der Waals surface area contributed by atoms with Crippen LogP contribution < -0.4 is 11.1 Å². The number of quaternary nitrogens is 1. The molecule has 9 heteroatoms. The molecule has 3 amide bonds. The minimum atomic E-state index is -1.41. The van der Waals surface area contributed by atoms with Gasteiger partial charge < -0.3 is 10.2 Å². The van der Waals surface area contributed by atoms with E-state index in [4.69, 9.17) is 5.73 Å². The average molecular weight is 625 g/mol. The van der Waals surface area contributed by atoms with Gasteiger partial charge in [0.15, 0.2) is 17.5 Å². The summed E-state index contributed by atoms with van der Waals surface area (Å²) >= 11 is 0. The smallest absolute Gasteiger partial charge is 0.318 e. The quantitative estimate of drug-likeness (QED) is 0.307. The molecule has 0 aromatic heterocycles. The summed E-state index contributed by atoms with van der Waals surface area (Å²) in [6.45, 7) is 7.12. The zero-order valence-electron chi connectivity index (χ0n) is 16.5. The molecule has 2 rings (SSSR count). The van der Waals surface area contributed by atoms with Crippen molar-refractivity contribution < 1.29 is 58.4 Å². The van der Waals surface area contributed by atoms with Crippen molar-refractivity contribution in [1.82, 2.24) is 5.32 Å². The molecule has 2 unspecified atom stereocenters. The van der Waals surface area contributed by atoms with Crippen LogP contribution in [0.2, 0.25) is 0 Å². The van der Waals surface area contributed by atoms with Gasteiger partial charge in [0.1, 0.15) is 0 Å². The predicted octanol–water partition coefficient (Wildman–Crippen LogP) is 2.92. The van der Waals surface area contributed by atoms with Crippen LogP contribution in [0, 0.1) is 74.2 Å². The first-order valence-corrected chi connectivity index (χ1v) is 8.79. The molecular weight excluding hydrogens is 597 g/mol. The topological polar surface area (TPSA) is 72.2 Å². The molecule has 156 valence electrons. The van der Waals surface area contributed by atoms with Crippen molar-refractivity contribution in [3.8, 4) is 0 Å². The summed E-state index contributed by atoms with van der Waals surface area (Å²) in [5.74, 6) is -3.66. The van der Waals surface area contributed by atoms with Crippen LogP contribution in [0.1, 0.15) is 24.8 Å². The number of carbonyl (C=O) groups is 2. The molecule has 1 aromatic carbocycles. The fourth-order valence-electron chi connectivity index (χ4n) is 3.22. The van der Waals surface area contributed by atoms with E-state index in [1.807, 2.05) is 0 Å². The third-order valence-electron chi connectivity index (χ3n) is 4.70. The maximum absolute atomic E-state index is 12.2.